The van der Waals surface area contributed by atoms with Gasteiger partial charge in [0.25, 0.3) is 0 Å². The lowest BCUT2D eigenvalue weighted by Gasteiger charge is -2.13. The molecule has 1 aromatic heterocycles. The molecule has 1 N–H and O–H groups in total. The molecule has 0 bridgehead atoms. The van der Waals surface area contributed by atoms with Gasteiger partial charge in [0.15, 0.2) is 0 Å². The van der Waals surface area contributed by atoms with Crippen LogP contribution < -0.4 is 5.32 Å². The van der Waals surface area contributed by atoms with Gasteiger partial charge in [-0.15, -0.1) is 0 Å². The molecule has 0 saturated heterocycles. The third-order valence-corrected chi connectivity index (χ3v) is 3.48. The van der Waals surface area contributed by atoms with Gasteiger partial charge in [-0.3, -0.25) is 4.68 Å². The van der Waals surface area contributed by atoms with Crippen molar-refractivity contribution in [1.29, 1.82) is 0 Å². The maximum atomic E-state index is 5.96. The summed E-state index contributed by atoms with van der Waals surface area (Å²) in [5, 5.41) is 8.52. The molecule has 0 spiro atoms. The minimum atomic E-state index is 0.276. The average Bonchev–Trinajstić information content (AvgIpc) is 2.67. The van der Waals surface area contributed by atoms with E-state index in [1.165, 1.54) is 16.8 Å². The third kappa shape index (κ3) is 2.92. The molecule has 96 valence electrons. The fourth-order valence-electron chi connectivity index (χ4n) is 1.97. The summed E-state index contributed by atoms with van der Waals surface area (Å²) in [7, 11) is 1.96. The first-order chi connectivity index (χ1) is 8.58. The van der Waals surface area contributed by atoms with Crippen molar-refractivity contribution in [3.63, 3.8) is 0 Å². The summed E-state index contributed by atoms with van der Waals surface area (Å²) in [4.78, 5) is 0. The number of halogens is 1. The highest BCUT2D eigenvalue weighted by atomic mass is 35.5. The highest BCUT2D eigenvalue weighted by Crippen LogP contribution is 2.17. The zero-order valence-corrected chi connectivity index (χ0v) is 11.7. The molecule has 0 fully saturated rings. The molecule has 18 heavy (non-hydrogen) atoms. The van der Waals surface area contributed by atoms with Crippen molar-refractivity contribution in [3.05, 3.63) is 52.3 Å². The molecule has 2 aromatic rings. The topological polar surface area (TPSA) is 29.9 Å². The Kier molecular flexibility index (Phi) is 4.04. The number of nitrogens with zero attached hydrogens (tertiary/aromatic N) is 2. The minimum Gasteiger partial charge on any atom is -0.306 e. The molecule has 1 atom stereocenters. The quantitative estimate of drug-likeness (QED) is 0.918. The van der Waals surface area contributed by atoms with Crippen molar-refractivity contribution in [2.45, 2.75) is 26.4 Å². The SMILES string of the molecule is Cc1c(C(C)NCc2cccc(Cl)c2)cnn1C. The van der Waals surface area contributed by atoms with Gasteiger partial charge in [-0.1, -0.05) is 23.7 Å². The lowest BCUT2D eigenvalue weighted by molar-refractivity contribution is 0.570. The van der Waals surface area contributed by atoms with Gasteiger partial charge in [0.1, 0.15) is 0 Å². The Bertz CT molecular complexity index is 534. The summed E-state index contributed by atoms with van der Waals surface area (Å²) < 4.78 is 1.90. The molecule has 1 heterocycles. The summed E-state index contributed by atoms with van der Waals surface area (Å²) in [6.45, 7) is 5.03. The Labute approximate surface area is 113 Å². The van der Waals surface area contributed by atoms with Crippen molar-refractivity contribution < 1.29 is 0 Å². The lowest BCUT2D eigenvalue weighted by atomic mass is 10.1. The fourth-order valence-corrected chi connectivity index (χ4v) is 2.18. The number of hydrogen-bond acceptors (Lipinski definition) is 2. The van der Waals surface area contributed by atoms with Crippen LogP contribution in [-0.4, -0.2) is 9.78 Å². The van der Waals surface area contributed by atoms with E-state index in [0.717, 1.165) is 11.6 Å². The van der Waals surface area contributed by atoms with E-state index < -0.39 is 0 Å². The Morgan fingerprint density at radius 3 is 2.83 bits per heavy atom. The van der Waals surface area contributed by atoms with E-state index >= 15 is 0 Å². The molecule has 0 saturated carbocycles. The van der Waals surface area contributed by atoms with E-state index in [4.69, 9.17) is 11.6 Å². The monoisotopic (exact) mass is 263 g/mol. The fraction of sp³-hybridized carbons (Fsp3) is 0.357. The largest absolute Gasteiger partial charge is 0.306 e. The predicted octanol–water partition coefficient (Wildman–Crippen LogP) is 3.23. The second kappa shape index (κ2) is 5.55. The van der Waals surface area contributed by atoms with Gasteiger partial charge in [0.2, 0.25) is 0 Å². The van der Waals surface area contributed by atoms with Crippen LogP contribution in [0.1, 0.15) is 29.8 Å². The molecule has 0 aliphatic heterocycles. The molecule has 1 unspecified atom stereocenters. The molecule has 0 aliphatic rings. The van der Waals surface area contributed by atoms with Crippen LogP contribution in [0, 0.1) is 6.92 Å². The average molecular weight is 264 g/mol. The van der Waals surface area contributed by atoms with Gasteiger partial charge in [0, 0.05) is 35.9 Å². The van der Waals surface area contributed by atoms with E-state index in [0.29, 0.717) is 0 Å². The molecule has 0 radical (unpaired) electrons. The number of rotatable bonds is 4. The van der Waals surface area contributed by atoms with E-state index in [1.54, 1.807) is 0 Å². The van der Waals surface area contributed by atoms with Crippen molar-refractivity contribution in [2.24, 2.45) is 7.05 Å². The molecule has 4 heteroatoms. The highest BCUT2D eigenvalue weighted by molar-refractivity contribution is 6.30. The van der Waals surface area contributed by atoms with Gasteiger partial charge in [0.05, 0.1) is 6.20 Å². The van der Waals surface area contributed by atoms with Crippen LogP contribution in [0.15, 0.2) is 30.5 Å². The van der Waals surface area contributed by atoms with E-state index in [-0.39, 0.29) is 6.04 Å². The minimum absolute atomic E-state index is 0.276. The van der Waals surface area contributed by atoms with Gasteiger partial charge in [-0.2, -0.15) is 5.10 Å². The summed E-state index contributed by atoms with van der Waals surface area (Å²) in [5.74, 6) is 0. The normalized spacial score (nSPS) is 12.7. The van der Waals surface area contributed by atoms with Crippen LogP contribution in [0.4, 0.5) is 0 Å². The van der Waals surface area contributed by atoms with Crippen molar-refractivity contribution >= 4 is 11.6 Å². The van der Waals surface area contributed by atoms with Crippen LogP contribution >= 0.6 is 11.6 Å². The Morgan fingerprint density at radius 2 is 2.22 bits per heavy atom. The third-order valence-electron chi connectivity index (χ3n) is 3.24. The number of hydrogen-bond donors (Lipinski definition) is 1. The van der Waals surface area contributed by atoms with Crippen molar-refractivity contribution in [1.82, 2.24) is 15.1 Å². The standard InChI is InChI=1S/C14H18ClN3/c1-10(14-9-17-18(3)11(14)2)16-8-12-5-4-6-13(15)7-12/h4-7,9-10,16H,8H2,1-3H3. The number of nitrogens with one attached hydrogen (secondary N) is 1. The van der Waals surface area contributed by atoms with Crippen LogP contribution in [0.2, 0.25) is 5.02 Å². The van der Waals surface area contributed by atoms with E-state index in [2.05, 4.69) is 30.3 Å². The molecular weight excluding hydrogens is 246 g/mol. The zero-order valence-electron chi connectivity index (χ0n) is 10.9. The van der Waals surface area contributed by atoms with Crippen LogP contribution in [0.3, 0.4) is 0 Å². The maximum absolute atomic E-state index is 5.96. The van der Waals surface area contributed by atoms with Crippen LogP contribution in [0.5, 0.6) is 0 Å². The molecule has 0 amide bonds. The smallest absolute Gasteiger partial charge is 0.0540 e. The van der Waals surface area contributed by atoms with E-state index in [1.807, 2.05) is 36.1 Å². The summed E-state index contributed by atoms with van der Waals surface area (Å²) >= 11 is 5.96. The maximum Gasteiger partial charge on any atom is 0.0540 e. The molecule has 3 nitrogen and oxygen atoms in total. The molecule has 1 aromatic carbocycles. The number of benzene rings is 1. The van der Waals surface area contributed by atoms with E-state index in [9.17, 15) is 0 Å². The summed E-state index contributed by atoms with van der Waals surface area (Å²) in [6, 6.07) is 8.19. The number of aromatic nitrogens is 2. The van der Waals surface area contributed by atoms with Gasteiger partial charge < -0.3 is 5.32 Å². The second-order valence-corrected chi connectivity index (χ2v) is 4.98. The first-order valence-corrected chi connectivity index (χ1v) is 6.42. The lowest BCUT2D eigenvalue weighted by Crippen LogP contribution is -2.18. The molecule has 2 rings (SSSR count). The van der Waals surface area contributed by atoms with Crippen LogP contribution in [0.25, 0.3) is 0 Å². The predicted molar refractivity (Wildman–Crippen MR) is 74.7 cm³/mol. The Balaban J connectivity index is 2.00. The van der Waals surface area contributed by atoms with Crippen molar-refractivity contribution in [2.75, 3.05) is 0 Å². The summed E-state index contributed by atoms with van der Waals surface area (Å²) in [5.41, 5.74) is 3.62. The van der Waals surface area contributed by atoms with Gasteiger partial charge >= 0.3 is 0 Å². The van der Waals surface area contributed by atoms with Crippen molar-refractivity contribution in [3.8, 4) is 0 Å². The first-order valence-electron chi connectivity index (χ1n) is 6.04. The molecular formula is C14H18ClN3. The first kappa shape index (κ1) is 13.1. The zero-order chi connectivity index (χ0) is 13.1. The second-order valence-electron chi connectivity index (χ2n) is 4.54. The Hall–Kier alpha value is -1.32. The Morgan fingerprint density at radius 1 is 1.44 bits per heavy atom. The van der Waals surface area contributed by atoms with Crippen LogP contribution in [-0.2, 0) is 13.6 Å². The van der Waals surface area contributed by atoms with Gasteiger partial charge in [-0.05, 0) is 31.5 Å². The van der Waals surface area contributed by atoms with Gasteiger partial charge in [-0.25, -0.2) is 0 Å². The molecule has 0 aliphatic carbocycles. The highest BCUT2D eigenvalue weighted by Gasteiger charge is 2.11. The summed E-state index contributed by atoms with van der Waals surface area (Å²) in [6.07, 6.45) is 1.92. The number of aryl methyl sites for hydroxylation is 1.